The Balaban J connectivity index is 1.28. The van der Waals surface area contributed by atoms with Crippen LogP contribution in [0.15, 0.2) is 121 Å². The Morgan fingerprint density at radius 2 is 1.24 bits per heavy atom. The maximum absolute atomic E-state index is 17.2. The smallest absolute Gasteiger partial charge is 0.298 e. The first-order valence-electron chi connectivity index (χ1n) is 17.1. The molecule has 2 aromatic heterocycles. The third-order valence-corrected chi connectivity index (χ3v) is 10.0. The standard InChI is InChI=1S/C44H40F2N4/c1-28-21-29(2)42(30(3)22-28)49-27-48(38-15-9-10-16-39(38)49)34-24-32(43(4,5)6)23-33(25-34)44(45,46)31-18-19-36-35-13-7-8-14-37(35)50(40(36)26-31)41-17-11-12-20-47-41/h7-26H,27H2,1-6H3. The van der Waals surface area contributed by atoms with Crippen molar-refractivity contribution >= 4 is 44.6 Å². The molecule has 0 radical (unpaired) electrons. The number of hydrogen-bond donors (Lipinski definition) is 0. The molecule has 7 aromatic rings. The lowest BCUT2D eigenvalue weighted by Crippen LogP contribution is -2.26. The topological polar surface area (TPSA) is 24.3 Å². The lowest BCUT2D eigenvalue weighted by molar-refractivity contribution is 0.0428. The summed E-state index contributed by atoms with van der Waals surface area (Å²) in [5, 5.41) is 1.90. The second-order valence-electron chi connectivity index (χ2n) is 14.6. The van der Waals surface area contributed by atoms with Gasteiger partial charge >= 0.3 is 0 Å². The van der Waals surface area contributed by atoms with Crippen LogP contribution in [-0.4, -0.2) is 16.2 Å². The molecule has 0 fully saturated rings. The van der Waals surface area contributed by atoms with Crippen LogP contribution in [0.5, 0.6) is 0 Å². The van der Waals surface area contributed by atoms with Crippen LogP contribution < -0.4 is 9.80 Å². The number of hydrogen-bond acceptors (Lipinski definition) is 3. The van der Waals surface area contributed by atoms with Gasteiger partial charge in [-0.05, 0) is 97.5 Å². The lowest BCUT2D eigenvalue weighted by atomic mass is 9.84. The van der Waals surface area contributed by atoms with Gasteiger partial charge in [0, 0.05) is 39.5 Å². The summed E-state index contributed by atoms with van der Waals surface area (Å²) in [6, 6.07) is 36.8. The average molecular weight is 663 g/mol. The monoisotopic (exact) mass is 662 g/mol. The Bertz CT molecular complexity index is 2400. The number of rotatable bonds is 5. The summed E-state index contributed by atoms with van der Waals surface area (Å²) in [4.78, 5) is 9.08. The van der Waals surface area contributed by atoms with Gasteiger partial charge in [-0.3, -0.25) is 4.57 Å². The molecular weight excluding hydrogens is 623 g/mol. The van der Waals surface area contributed by atoms with Gasteiger partial charge in [-0.25, -0.2) is 4.98 Å². The van der Waals surface area contributed by atoms with Crippen molar-refractivity contribution in [3.63, 3.8) is 0 Å². The molecule has 4 nitrogen and oxygen atoms in total. The van der Waals surface area contributed by atoms with Crippen molar-refractivity contribution in [2.45, 2.75) is 52.9 Å². The zero-order valence-corrected chi connectivity index (χ0v) is 29.3. The second-order valence-corrected chi connectivity index (χ2v) is 14.6. The molecule has 1 aliphatic heterocycles. The highest BCUT2D eigenvalue weighted by molar-refractivity contribution is 6.09. The van der Waals surface area contributed by atoms with Crippen LogP contribution in [0.1, 0.15) is 54.2 Å². The molecule has 0 N–H and O–H groups in total. The van der Waals surface area contributed by atoms with Gasteiger partial charge in [0.2, 0.25) is 0 Å². The predicted octanol–water partition coefficient (Wildman–Crippen LogP) is 11.8. The first-order chi connectivity index (χ1) is 23.9. The predicted molar refractivity (Wildman–Crippen MR) is 203 cm³/mol. The van der Waals surface area contributed by atoms with Crippen molar-refractivity contribution in [1.29, 1.82) is 0 Å². The van der Waals surface area contributed by atoms with Crippen LogP contribution in [0.4, 0.5) is 31.5 Å². The third kappa shape index (κ3) is 5.13. The fraction of sp³-hybridized carbons (Fsp3) is 0.205. The highest BCUT2D eigenvalue weighted by Crippen LogP contribution is 2.48. The molecule has 0 spiro atoms. The van der Waals surface area contributed by atoms with E-state index in [1.54, 1.807) is 30.5 Å². The number of fused-ring (bicyclic) bond motifs is 4. The SMILES string of the molecule is Cc1cc(C)c(N2CN(c3cc(C(C)(C)C)cc(C(F)(F)c4ccc5c6ccccc6n(-c6ccccn6)c5c4)c3)c3ccccc32)c(C)c1. The molecule has 0 unspecified atom stereocenters. The largest absolute Gasteiger partial charge is 0.321 e. The summed E-state index contributed by atoms with van der Waals surface area (Å²) < 4.78 is 36.3. The van der Waals surface area contributed by atoms with Gasteiger partial charge in [0.05, 0.1) is 22.4 Å². The van der Waals surface area contributed by atoms with Crippen LogP contribution in [-0.2, 0) is 11.3 Å². The Hall–Kier alpha value is -5.49. The summed E-state index contributed by atoms with van der Waals surface area (Å²) in [6.45, 7) is 13.1. The van der Waals surface area contributed by atoms with Gasteiger partial charge in [-0.2, -0.15) is 8.78 Å². The Kier molecular flexibility index (Phi) is 7.34. The van der Waals surface area contributed by atoms with E-state index < -0.39 is 5.92 Å². The fourth-order valence-corrected chi connectivity index (χ4v) is 7.67. The first-order valence-corrected chi connectivity index (χ1v) is 17.1. The van der Waals surface area contributed by atoms with E-state index in [9.17, 15) is 0 Å². The van der Waals surface area contributed by atoms with E-state index in [-0.39, 0.29) is 16.5 Å². The summed E-state index contributed by atoms with van der Waals surface area (Å²) in [6.07, 6.45) is 1.73. The summed E-state index contributed by atoms with van der Waals surface area (Å²) in [5.74, 6) is -2.59. The number of anilines is 4. The summed E-state index contributed by atoms with van der Waals surface area (Å²) in [7, 11) is 0. The molecule has 0 bridgehead atoms. The highest BCUT2D eigenvalue weighted by atomic mass is 19.3. The normalized spacial score (nSPS) is 13.4. The minimum atomic E-state index is -3.28. The number of pyridine rings is 1. The Morgan fingerprint density at radius 1 is 0.600 bits per heavy atom. The number of para-hydroxylation sites is 3. The number of halogens is 2. The van der Waals surface area contributed by atoms with Crippen molar-refractivity contribution < 1.29 is 8.78 Å². The molecule has 0 saturated carbocycles. The van der Waals surface area contributed by atoms with Gasteiger partial charge in [0.1, 0.15) is 12.5 Å². The van der Waals surface area contributed by atoms with Crippen molar-refractivity contribution in [2.24, 2.45) is 0 Å². The van der Waals surface area contributed by atoms with Gasteiger partial charge in [0.25, 0.3) is 5.92 Å². The van der Waals surface area contributed by atoms with Crippen LogP contribution in [0.3, 0.4) is 0 Å². The molecular formula is C44H40F2N4. The maximum Gasteiger partial charge on any atom is 0.298 e. The maximum atomic E-state index is 17.2. The number of aromatic nitrogens is 2. The van der Waals surface area contributed by atoms with Crippen LogP contribution in [0, 0.1) is 20.8 Å². The van der Waals surface area contributed by atoms with Crippen molar-refractivity contribution in [1.82, 2.24) is 9.55 Å². The van der Waals surface area contributed by atoms with Gasteiger partial charge in [-0.1, -0.05) is 87.0 Å². The van der Waals surface area contributed by atoms with Crippen LogP contribution in [0.25, 0.3) is 27.6 Å². The molecule has 0 atom stereocenters. The summed E-state index contributed by atoms with van der Waals surface area (Å²) in [5.41, 5.74) is 9.57. The molecule has 250 valence electrons. The van der Waals surface area contributed by atoms with E-state index in [0.717, 1.165) is 44.6 Å². The number of alkyl halides is 2. The first kappa shape index (κ1) is 31.8. The van der Waals surface area contributed by atoms with Gasteiger partial charge < -0.3 is 9.80 Å². The third-order valence-electron chi connectivity index (χ3n) is 10.0. The Morgan fingerprint density at radius 3 is 1.94 bits per heavy atom. The van der Waals surface area contributed by atoms with Crippen molar-refractivity contribution in [3.8, 4) is 5.82 Å². The van der Waals surface area contributed by atoms with Crippen LogP contribution >= 0.6 is 0 Å². The van der Waals surface area contributed by atoms with E-state index in [1.165, 1.54) is 16.7 Å². The quantitative estimate of drug-likeness (QED) is 0.183. The minimum absolute atomic E-state index is 0.0293. The average Bonchev–Trinajstić information content (AvgIpc) is 3.64. The van der Waals surface area contributed by atoms with Crippen LogP contribution in [0.2, 0.25) is 0 Å². The molecule has 5 aromatic carbocycles. The number of aryl methyl sites for hydroxylation is 3. The molecule has 8 rings (SSSR count). The number of benzene rings is 5. The zero-order chi connectivity index (χ0) is 34.9. The minimum Gasteiger partial charge on any atom is -0.321 e. The van der Waals surface area contributed by atoms with E-state index in [2.05, 4.69) is 86.7 Å². The number of nitrogens with zero attached hydrogens (tertiary/aromatic N) is 4. The molecule has 1 aliphatic rings. The summed E-state index contributed by atoms with van der Waals surface area (Å²) >= 11 is 0. The highest BCUT2D eigenvalue weighted by Gasteiger charge is 2.38. The molecule has 3 heterocycles. The van der Waals surface area contributed by atoms with Gasteiger partial charge in [0.15, 0.2) is 0 Å². The molecule has 0 aliphatic carbocycles. The molecule has 50 heavy (non-hydrogen) atoms. The van der Waals surface area contributed by atoms with E-state index in [4.69, 9.17) is 0 Å². The van der Waals surface area contributed by atoms with E-state index in [1.807, 2.05) is 65.2 Å². The lowest BCUT2D eigenvalue weighted by Gasteiger charge is -2.29. The molecule has 0 amide bonds. The van der Waals surface area contributed by atoms with Crippen molar-refractivity contribution in [2.75, 3.05) is 16.5 Å². The Labute approximate surface area is 292 Å². The van der Waals surface area contributed by atoms with E-state index >= 15 is 8.78 Å². The second kappa shape index (κ2) is 11.5. The van der Waals surface area contributed by atoms with Gasteiger partial charge in [-0.15, -0.1) is 0 Å². The molecule has 0 saturated heterocycles. The van der Waals surface area contributed by atoms with E-state index in [0.29, 0.717) is 18.0 Å². The zero-order valence-electron chi connectivity index (χ0n) is 29.3. The molecule has 6 heteroatoms. The van der Waals surface area contributed by atoms with Crippen molar-refractivity contribution in [3.05, 3.63) is 155 Å². The fourth-order valence-electron chi connectivity index (χ4n) is 7.67.